The van der Waals surface area contributed by atoms with Gasteiger partial charge in [0.15, 0.2) is 0 Å². The summed E-state index contributed by atoms with van der Waals surface area (Å²) in [6.07, 6.45) is -0.135. The lowest BCUT2D eigenvalue weighted by atomic mass is 10.1. The zero-order valence-corrected chi connectivity index (χ0v) is 13.1. The van der Waals surface area contributed by atoms with Crippen molar-refractivity contribution in [3.8, 4) is 0 Å². The standard InChI is InChI=1S/C14H22N2O4S/c1-3-11-4-5-12(15)6-14(11)21(18,19)16-7-10(2)20-13(8-16)9-17/h4-6,10,13,17H,3,7-9,15H2,1-2H3. The number of anilines is 1. The second-order valence-corrected chi connectivity index (χ2v) is 7.20. The van der Waals surface area contributed by atoms with Gasteiger partial charge in [0.1, 0.15) is 0 Å². The van der Waals surface area contributed by atoms with Crippen LogP contribution in [0.3, 0.4) is 0 Å². The number of hydrogen-bond donors (Lipinski definition) is 2. The van der Waals surface area contributed by atoms with Crippen molar-refractivity contribution in [1.82, 2.24) is 4.31 Å². The number of aryl methyl sites for hydroxylation is 1. The summed E-state index contributed by atoms with van der Waals surface area (Å²) in [6, 6.07) is 4.95. The summed E-state index contributed by atoms with van der Waals surface area (Å²) in [4.78, 5) is 0.246. The lowest BCUT2D eigenvalue weighted by Crippen LogP contribution is -2.50. The highest BCUT2D eigenvalue weighted by molar-refractivity contribution is 7.89. The Kier molecular flexibility index (Phi) is 4.88. The number of rotatable bonds is 4. The van der Waals surface area contributed by atoms with Gasteiger partial charge in [0.25, 0.3) is 0 Å². The van der Waals surface area contributed by atoms with Gasteiger partial charge < -0.3 is 15.6 Å². The third kappa shape index (κ3) is 3.37. The van der Waals surface area contributed by atoms with Crippen molar-refractivity contribution in [3.05, 3.63) is 23.8 Å². The van der Waals surface area contributed by atoms with E-state index in [1.807, 2.05) is 6.92 Å². The summed E-state index contributed by atoms with van der Waals surface area (Å²) in [5.74, 6) is 0. The van der Waals surface area contributed by atoms with Crippen molar-refractivity contribution in [2.45, 2.75) is 37.4 Å². The highest BCUT2D eigenvalue weighted by Crippen LogP contribution is 2.26. The molecule has 0 aromatic heterocycles. The zero-order chi connectivity index (χ0) is 15.6. The van der Waals surface area contributed by atoms with Gasteiger partial charge in [0.05, 0.1) is 23.7 Å². The van der Waals surface area contributed by atoms with E-state index in [9.17, 15) is 13.5 Å². The molecule has 0 radical (unpaired) electrons. The summed E-state index contributed by atoms with van der Waals surface area (Å²) >= 11 is 0. The minimum atomic E-state index is -3.64. The molecular weight excluding hydrogens is 292 g/mol. The van der Waals surface area contributed by atoms with Crippen molar-refractivity contribution in [1.29, 1.82) is 0 Å². The summed E-state index contributed by atoms with van der Waals surface area (Å²) in [5.41, 5.74) is 6.90. The number of aliphatic hydroxyl groups is 1. The molecule has 2 atom stereocenters. The zero-order valence-electron chi connectivity index (χ0n) is 12.3. The van der Waals surface area contributed by atoms with Gasteiger partial charge in [0.2, 0.25) is 10.0 Å². The van der Waals surface area contributed by atoms with E-state index in [0.717, 1.165) is 5.56 Å². The summed E-state index contributed by atoms with van der Waals surface area (Å²) < 4.78 is 32.6. The molecule has 1 aromatic rings. The minimum absolute atomic E-state index is 0.154. The Bertz CT molecular complexity index is 603. The molecule has 1 fully saturated rings. The molecule has 2 rings (SSSR count). The number of hydrogen-bond acceptors (Lipinski definition) is 5. The van der Waals surface area contributed by atoms with Crippen molar-refractivity contribution >= 4 is 15.7 Å². The number of nitrogen functional groups attached to an aromatic ring is 1. The topological polar surface area (TPSA) is 92.9 Å². The Hall–Kier alpha value is -1.15. The van der Waals surface area contributed by atoms with E-state index in [4.69, 9.17) is 10.5 Å². The average molecular weight is 314 g/mol. The van der Waals surface area contributed by atoms with E-state index >= 15 is 0 Å². The monoisotopic (exact) mass is 314 g/mol. The van der Waals surface area contributed by atoms with Crippen LogP contribution in [0.2, 0.25) is 0 Å². The number of nitrogens with two attached hydrogens (primary N) is 1. The van der Waals surface area contributed by atoms with Crippen LogP contribution in [0.5, 0.6) is 0 Å². The van der Waals surface area contributed by atoms with Crippen LogP contribution in [0, 0.1) is 0 Å². The van der Waals surface area contributed by atoms with Crippen LogP contribution in [-0.4, -0.2) is 49.7 Å². The van der Waals surface area contributed by atoms with Gasteiger partial charge in [-0.25, -0.2) is 8.42 Å². The lowest BCUT2D eigenvalue weighted by molar-refractivity contribution is -0.0750. The van der Waals surface area contributed by atoms with E-state index < -0.39 is 16.1 Å². The number of ether oxygens (including phenoxy) is 1. The average Bonchev–Trinajstić information content (AvgIpc) is 2.46. The van der Waals surface area contributed by atoms with Crippen molar-refractivity contribution in [2.75, 3.05) is 25.4 Å². The molecular formula is C14H22N2O4S. The number of aliphatic hydroxyl groups excluding tert-OH is 1. The van der Waals surface area contributed by atoms with Crippen molar-refractivity contribution < 1.29 is 18.3 Å². The molecule has 3 N–H and O–H groups in total. The number of sulfonamides is 1. The summed E-state index contributed by atoms with van der Waals surface area (Å²) in [7, 11) is -3.64. The molecule has 0 saturated carbocycles. The molecule has 6 nitrogen and oxygen atoms in total. The maximum atomic E-state index is 12.9. The first-order chi connectivity index (χ1) is 9.88. The molecule has 0 amide bonds. The van der Waals surface area contributed by atoms with Gasteiger partial charge >= 0.3 is 0 Å². The van der Waals surface area contributed by atoms with E-state index in [1.165, 1.54) is 10.4 Å². The number of morpholine rings is 1. The Balaban J connectivity index is 2.39. The number of benzene rings is 1. The number of nitrogens with zero attached hydrogens (tertiary/aromatic N) is 1. The van der Waals surface area contributed by atoms with E-state index in [0.29, 0.717) is 12.1 Å². The summed E-state index contributed by atoms with van der Waals surface area (Å²) in [6.45, 7) is 3.93. The fourth-order valence-electron chi connectivity index (χ4n) is 2.54. The van der Waals surface area contributed by atoms with Crippen LogP contribution in [0.1, 0.15) is 19.4 Å². The van der Waals surface area contributed by atoms with Crippen molar-refractivity contribution in [3.63, 3.8) is 0 Å². The molecule has 1 heterocycles. The second kappa shape index (κ2) is 6.31. The normalized spacial score (nSPS) is 24.1. The Morgan fingerprint density at radius 1 is 1.43 bits per heavy atom. The lowest BCUT2D eigenvalue weighted by Gasteiger charge is -2.35. The van der Waals surface area contributed by atoms with Crippen LogP contribution < -0.4 is 5.73 Å². The first-order valence-electron chi connectivity index (χ1n) is 7.03. The predicted octanol–water partition coefficient (Wildman–Crippen LogP) is 0.601. The Labute approximate surface area is 125 Å². The minimum Gasteiger partial charge on any atom is -0.399 e. The highest BCUT2D eigenvalue weighted by Gasteiger charge is 2.34. The molecule has 118 valence electrons. The molecule has 1 aliphatic heterocycles. The first kappa shape index (κ1) is 16.2. The molecule has 0 spiro atoms. The van der Waals surface area contributed by atoms with E-state index in [-0.39, 0.29) is 30.7 Å². The van der Waals surface area contributed by atoms with Gasteiger partial charge in [-0.2, -0.15) is 4.31 Å². The van der Waals surface area contributed by atoms with Gasteiger partial charge in [-0.3, -0.25) is 0 Å². The molecule has 7 heteroatoms. The van der Waals surface area contributed by atoms with Gasteiger partial charge in [-0.1, -0.05) is 13.0 Å². The molecule has 1 saturated heterocycles. The largest absolute Gasteiger partial charge is 0.399 e. The molecule has 2 unspecified atom stereocenters. The molecule has 0 aliphatic carbocycles. The molecule has 1 aliphatic rings. The third-order valence-corrected chi connectivity index (χ3v) is 5.50. The van der Waals surface area contributed by atoms with Crippen LogP contribution in [0.4, 0.5) is 5.69 Å². The molecule has 0 bridgehead atoms. The Morgan fingerprint density at radius 3 is 2.76 bits per heavy atom. The van der Waals surface area contributed by atoms with Crippen LogP contribution in [-0.2, 0) is 21.2 Å². The van der Waals surface area contributed by atoms with Crippen LogP contribution in [0.15, 0.2) is 23.1 Å². The van der Waals surface area contributed by atoms with Crippen molar-refractivity contribution in [2.24, 2.45) is 0 Å². The second-order valence-electron chi connectivity index (χ2n) is 5.29. The maximum Gasteiger partial charge on any atom is 0.243 e. The first-order valence-corrected chi connectivity index (χ1v) is 8.47. The SMILES string of the molecule is CCc1ccc(N)cc1S(=O)(=O)N1CC(C)OC(CO)C1. The predicted molar refractivity (Wildman–Crippen MR) is 80.4 cm³/mol. The van der Waals surface area contributed by atoms with Gasteiger partial charge in [-0.05, 0) is 31.0 Å². The Morgan fingerprint density at radius 2 is 2.14 bits per heavy atom. The van der Waals surface area contributed by atoms with Gasteiger partial charge in [-0.15, -0.1) is 0 Å². The third-order valence-electron chi connectivity index (χ3n) is 3.59. The van der Waals surface area contributed by atoms with E-state index in [1.54, 1.807) is 19.1 Å². The maximum absolute atomic E-state index is 12.9. The molecule has 21 heavy (non-hydrogen) atoms. The van der Waals surface area contributed by atoms with E-state index in [2.05, 4.69) is 0 Å². The van der Waals surface area contributed by atoms with Gasteiger partial charge in [0, 0.05) is 18.8 Å². The quantitative estimate of drug-likeness (QED) is 0.794. The fourth-order valence-corrected chi connectivity index (χ4v) is 4.42. The smallest absolute Gasteiger partial charge is 0.243 e. The summed E-state index contributed by atoms with van der Waals surface area (Å²) in [5, 5.41) is 9.24. The fraction of sp³-hybridized carbons (Fsp3) is 0.571. The highest BCUT2D eigenvalue weighted by atomic mass is 32.2. The molecule has 1 aromatic carbocycles. The van der Waals surface area contributed by atoms with Crippen LogP contribution >= 0.6 is 0 Å². The van der Waals surface area contributed by atoms with Crippen LogP contribution in [0.25, 0.3) is 0 Å².